The zero-order chi connectivity index (χ0) is 9.42. The lowest BCUT2D eigenvalue weighted by molar-refractivity contribution is -0.140. The topological polar surface area (TPSA) is 66.4 Å². The Morgan fingerprint density at radius 1 is 1.54 bits per heavy atom. The molecule has 2 N–H and O–H groups in total. The molecule has 0 amide bonds. The van der Waals surface area contributed by atoms with Crippen molar-refractivity contribution in [2.24, 2.45) is 11.8 Å². The number of carbonyl (C=O) groups is 2. The Balaban J connectivity index is 2.11. The molecule has 2 aliphatic rings. The number of ketones is 1. The van der Waals surface area contributed by atoms with Crippen LogP contribution in [-0.4, -0.2) is 29.4 Å². The molecule has 1 aliphatic heterocycles. The van der Waals surface area contributed by atoms with Crippen LogP contribution in [0, 0.1) is 11.8 Å². The molecule has 72 valence electrons. The number of hydrogen-bond donors (Lipinski definition) is 2. The molecule has 1 saturated heterocycles. The second-order valence-electron chi connectivity index (χ2n) is 3.93. The molecule has 1 saturated carbocycles. The van der Waals surface area contributed by atoms with Gasteiger partial charge in [0.2, 0.25) is 0 Å². The molecule has 0 aromatic rings. The number of hydrogen-bond acceptors (Lipinski definition) is 3. The van der Waals surface area contributed by atoms with E-state index >= 15 is 0 Å². The number of fused-ring (bicyclic) bond motifs is 1. The molecule has 0 unspecified atom stereocenters. The second-order valence-corrected chi connectivity index (χ2v) is 3.93. The van der Waals surface area contributed by atoms with Gasteiger partial charge in [0.1, 0.15) is 11.8 Å². The van der Waals surface area contributed by atoms with Gasteiger partial charge in [-0.15, -0.1) is 0 Å². The molecule has 0 spiro atoms. The lowest BCUT2D eigenvalue weighted by Gasteiger charge is -2.25. The Morgan fingerprint density at radius 2 is 2.31 bits per heavy atom. The summed E-state index contributed by atoms with van der Waals surface area (Å²) in [5, 5.41) is 11.8. The van der Waals surface area contributed by atoms with Crippen molar-refractivity contribution in [2.75, 3.05) is 6.54 Å². The maximum absolute atomic E-state index is 11.2. The number of carbonyl (C=O) groups excluding carboxylic acids is 1. The van der Waals surface area contributed by atoms with E-state index in [1.165, 1.54) is 0 Å². The first-order valence-corrected chi connectivity index (χ1v) is 4.66. The fourth-order valence-corrected chi connectivity index (χ4v) is 2.44. The van der Waals surface area contributed by atoms with E-state index in [0.717, 1.165) is 13.0 Å². The summed E-state index contributed by atoms with van der Waals surface area (Å²) < 4.78 is 0. The standard InChI is InChI=1S/C9H13NO3/c11-6-2-1-5-4-10-8(9(12)13)7(5)3-6/h5,7-8,10H,1-4H2,(H,12,13)/t5-,7-,8-/m1/s1. The van der Waals surface area contributed by atoms with Crippen LogP contribution in [0.1, 0.15) is 19.3 Å². The van der Waals surface area contributed by atoms with Gasteiger partial charge in [0.05, 0.1) is 0 Å². The SMILES string of the molecule is O=C1CC[C@@H]2CN[C@@H](C(=O)O)[C@@H]2C1. The van der Waals surface area contributed by atoms with E-state index in [1.54, 1.807) is 0 Å². The average molecular weight is 183 g/mol. The van der Waals surface area contributed by atoms with Crippen molar-refractivity contribution in [3.8, 4) is 0 Å². The van der Waals surface area contributed by atoms with E-state index in [2.05, 4.69) is 5.32 Å². The quantitative estimate of drug-likeness (QED) is 0.601. The normalized spacial score (nSPS) is 38.8. The van der Waals surface area contributed by atoms with Gasteiger partial charge in [0, 0.05) is 12.8 Å². The lowest BCUT2D eigenvalue weighted by Crippen LogP contribution is -2.37. The van der Waals surface area contributed by atoms with Gasteiger partial charge in [-0.3, -0.25) is 9.59 Å². The van der Waals surface area contributed by atoms with Crippen LogP contribution in [0.25, 0.3) is 0 Å². The van der Waals surface area contributed by atoms with Crippen molar-refractivity contribution in [3.05, 3.63) is 0 Å². The molecule has 4 heteroatoms. The van der Waals surface area contributed by atoms with E-state index in [0.29, 0.717) is 18.8 Å². The molecule has 0 radical (unpaired) electrons. The highest BCUT2D eigenvalue weighted by Gasteiger charge is 2.43. The summed E-state index contributed by atoms with van der Waals surface area (Å²) in [6.45, 7) is 0.759. The van der Waals surface area contributed by atoms with E-state index < -0.39 is 12.0 Å². The van der Waals surface area contributed by atoms with Gasteiger partial charge in [-0.2, -0.15) is 0 Å². The summed E-state index contributed by atoms with van der Waals surface area (Å²) in [5.41, 5.74) is 0. The number of carboxylic acid groups (broad SMARTS) is 1. The number of aliphatic carboxylic acids is 1. The van der Waals surface area contributed by atoms with Crippen LogP contribution in [0.15, 0.2) is 0 Å². The lowest BCUT2D eigenvalue weighted by atomic mass is 9.78. The minimum atomic E-state index is -0.817. The summed E-state index contributed by atoms with van der Waals surface area (Å²) in [6.07, 6.45) is 1.95. The zero-order valence-corrected chi connectivity index (χ0v) is 7.32. The minimum Gasteiger partial charge on any atom is -0.480 e. The van der Waals surface area contributed by atoms with Gasteiger partial charge in [0.25, 0.3) is 0 Å². The predicted octanol–water partition coefficient (Wildman–Crippen LogP) is 0.0282. The monoisotopic (exact) mass is 183 g/mol. The molecular weight excluding hydrogens is 170 g/mol. The average Bonchev–Trinajstić information content (AvgIpc) is 2.46. The Morgan fingerprint density at radius 3 is 3.00 bits per heavy atom. The highest BCUT2D eigenvalue weighted by molar-refractivity contribution is 5.82. The van der Waals surface area contributed by atoms with Crippen molar-refractivity contribution in [1.29, 1.82) is 0 Å². The first-order valence-electron chi connectivity index (χ1n) is 4.66. The maximum Gasteiger partial charge on any atom is 0.321 e. The van der Waals surface area contributed by atoms with E-state index in [1.807, 2.05) is 0 Å². The molecule has 3 atom stereocenters. The maximum atomic E-state index is 11.2. The number of Topliss-reactive ketones (excluding diaryl/α,β-unsaturated/α-hetero) is 1. The third-order valence-corrected chi connectivity index (χ3v) is 3.16. The third-order valence-electron chi connectivity index (χ3n) is 3.16. The van der Waals surface area contributed by atoms with Gasteiger partial charge in [-0.1, -0.05) is 0 Å². The summed E-state index contributed by atoms with van der Waals surface area (Å²) in [5.74, 6) is -0.157. The number of rotatable bonds is 1. The number of carboxylic acids is 1. The third kappa shape index (κ3) is 1.46. The van der Waals surface area contributed by atoms with Crippen molar-refractivity contribution in [3.63, 3.8) is 0 Å². The molecule has 13 heavy (non-hydrogen) atoms. The first kappa shape index (κ1) is 8.69. The van der Waals surface area contributed by atoms with Crippen LogP contribution < -0.4 is 5.32 Å². The Labute approximate surface area is 76.3 Å². The number of nitrogens with one attached hydrogen (secondary N) is 1. The van der Waals surface area contributed by atoms with Crippen LogP contribution in [0.5, 0.6) is 0 Å². The first-order chi connectivity index (χ1) is 6.18. The highest BCUT2D eigenvalue weighted by atomic mass is 16.4. The van der Waals surface area contributed by atoms with Gasteiger partial charge in [-0.05, 0) is 24.8 Å². The Bertz CT molecular complexity index is 251. The van der Waals surface area contributed by atoms with Crippen LogP contribution in [-0.2, 0) is 9.59 Å². The van der Waals surface area contributed by atoms with Gasteiger partial charge in [-0.25, -0.2) is 0 Å². The second kappa shape index (κ2) is 3.10. The smallest absolute Gasteiger partial charge is 0.321 e. The van der Waals surface area contributed by atoms with Crippen LogP contribution >= 0.6 is 0 Å². The molecule has 4 nitrogen and oxygen atoms in total. The van der Waals surface area contributed by atoms with Crippen molar-refractivity contribution >= 4 is 11.8 Å². The molecular formula is C9H13NO3. The zero-order valence-electron chi connectivity index (χ0n) is 7.32. The van der Waals surface area contributed by atoms with Crippen LogP contribution in [0.3, 0.4) is 0 Å². The van der Waals surface area contributed by atoms with Crippen LogP contribution in [0.4, 0.5) is 0 Å². The minimum absolute atomic E-state index is 0.0405. The summed E-state index contributed by atoms with van der Waals surface area (Å²) in [4.78, 5) is 21.9. The summed E-state index contributed by atoms with van der Waals surface area (Å²) in [6, 6.07) is -0.491. The molecule has 2 rings (SSSR count). The van der Waals surface area contributed by atoms with E-state index in [4.69, 9.17) is 5.11 Å². The highest BCUT2D eigenvalue weighted by Crippen LogP contribution is 2.34. The molecule has 2 fully saturated rings. The molecule has 0 aromatic carbocycles. The van der Waals surface area contributed by atoms with Gasteiger partial charge < -0.3 is 10.4 Å². The van der Waals surface area contributed by atoms with Crippen molar-refractivity contribution in [1.82, 2.24) is 5.32 Å². The molecule has 0 bridgehead atoms. The van der Waals surface area contributed by atoms with Gasteiger partial charge >= 0.3 is 5.97 Å². The molecule has 1 aliphatic carbocycles. The molecule has 0 aromatic heterocycles. The van der Waals surface area contributed by atoms with Crippen LogP contribution in [0.2, 0.25) is 0 Å². The van der Waals surface area contributed by atoms with Crippen molar-refractivity contribution in [2.45, 2.75) is 25.3 Å². The van der Waals surface area contributed by atoms with E-state index in [9.17, 15) is 9.59 Å². The Hall–Kier alpha value is -0.900. The summed E-state index contributed by atoms with van der Waals surface area (Å²) >= 11 is 0. The summed E-state index contributed by atoms with van der Waals surface area (Å²) in [7, 11) is 0. The molecule has 1 heterocycles. The predicted molar refractivity (Wildman–Crippen MR) is 45.3 cm³/mol. The van der Waals surface area contributed by atoms with E-state index in [-0.39, 0.29) is 11.7 Å². The van der Waals surface area contributed by atoms with Crippen molar-refractivity contribution < 1.29 is 14.7 Å². The van der Waals surface area contributed by atoms with Gasteiger partial charge in [0.15, 0.2) is 0 Å². The largest absolute Gasteiger partial charge is 0.480 e. The fraction of sp³-hybridized carbons (Fsp3) is 0.778. The fourth-order valence-electron chi connectivity index (χ4n) is 2.44. The Kier molecular flexibility index (Phi) is 2.07.